The second kappa shape index (κ2) is 11.4. The number of nitrogens with one attached hydrogen (secondary N) is 1. The molecule has 5 rings (SSSR count). The molecule has 1 aliphatic heterocycles. The van der Waals surface area contributed by atoms with Gasteiger partial charge in [0.2, 0.25) is 0 Å². The SMILES string of the molecule is COc1cc(OC)cc(N(CCCN2C[C@@H](C)N[C@@H](C)C2)c2ccc3ncc(-c4cnn(C)c4)nc3c2)c1. The van der Waals surface area contributed by atoms with Crippen LogP contribution in [0.3, 0.4) is 0 Å². The fourth-order valence-electron chi connectivity index (χ4n) is 5.29. The Bertz CT molecular complexity index is 1360. The summed E-state index contributed by atoms with van der Waals surface area (Å²) < 4.78 is 13.0. The van der Waals surface area contributed by atoms with E-state index in [9.17, 15) is 0 Å². The predicted molar refractivity (Wildman–Crippen MR) is 151 cm³/mol. The highest BCUT2D eigenvalue weighted by Gasteiger charge is 2.21. The van der Waals surface area contributed by atoms with Crippen molar-refractivity contribution in [2.75, 3.05) is 45.3 Å². The zero-order valence-electron chi connectivity index (χ0n) is 22.9. The molecule has 4 aromatic rings. The van der Waals surface area contributed by atoms with Gasteiger partial charge in [0.25, 0.3) is 0 Å². The molecular weight excluding hydrogens is 478 g/mol. The highest BCUT2D eigenvalue weighted by Crippen LogP contribution is 2.34. The Morgan fingerprint density at radius 1 is 0.947 bits per heavy atom. The van der Waals surface area contributed by atoms with E-state index in [0.717, 1.165) is 77.8 Å². The van der Waals surface area contributed by atoms with Crippen LogP contribution in [-0.4, -0.2) is 77.1 Å². The molecule has 1 fully saturated rings. The maximum atomic E-state index is 5.59. The molecule has 0 spiro atoms. The number of aromatic nitrogens is 4. The van der Waals surface area contributed by atoms with E-state index < -0.39 is 0 Å². The molecule has 3 heterocycles. The van der Waals surface area contributed by atoms with E-state index in [1.54, 1.807) is 25.1 Å². The molecule has 9 nitrogen and oxygen atoms in total. The van der Waals surface area contributed by atoms with Crippen LogP contribution in [0.25, 0.3) is 22.3 Å². The Kier molecular flexibility index (Phi) is 7.76. The van der Waals surface area contributed by atoms with Crippen LogP contribution in [-0.2, 0) is 7.05 Å². The molecule has 1 aliphatic rings. The largest absolute Gasteiger partial charge is 0.497 e. The number of piperazine rings is 1. The van der Waals surface area contributed by atoms with E-state index in [-0.39, 0.29) is 0 Å². The van der Waals surface area contributed by atoms with Crippen LogP contribution in [0.5, 0.6) is 11.5 Å². The van der Waals surface area contributed by atoms with Gasteiger partial charge in [0, 0.05) is 80.1 Å². The van der Waals surface area contributed by atoms with Gasteiger partial charge in [-0.05, 0) is 45.0 Å². The van der Waals surface area contributed by atoms with Crippen molar-refractivity contribution in [2.45, 2.75) is 32.4 Å². The Balaban J connectivity index is 1.47. The second-order valence-corrected chi connectivity index (χ2v) is 10.1. The third-order valence-corrected chi connectivity index (χ3v) is 6.98. The number of anilines is 2. The van der Waals surface area contributed by atoms with Gasteiger partial charge < -0.3 is 24.6 Å². The molecule has 0 saturated carbocycles. The van der Waals surface area contributed by atoms with E-state index >= 15 is 0 Å². The fourth-order valence-corrected chi connectivity index (χ4v) is 5.29. The van der Waals surface area contributed by atoms with Crippen molar-refractivity contribution in [3.05, 3.63) is 55.0 Å². The van der Waals surface area contributed by atoms with Crippen LogP contribution in [0.4, 0.5) is 11.4 Å². The Labute approximate surface area is 224 Å². The van der Waals surface area contributed by atoms with Crippen molar-refractivity contribution in [3.8, 4) is 22.8 Å². The zero-order chi connectivity index (χ0) is 26.6. The summed E-state index contributed by atoms with van der Waals surface area (Å²) in [5, 5.41) is 7.90. The lowest BCUT2D eigenvalue weighted by molar-refractivity contribution is 0.173. The molecule has 38 heavy (non-hydrogen) atoms. The molecule has 9 heteroatoms. The molecule has 0 unspecified atom stereocenters. The molecule has 0 bridgehead atoms. The molecule has 1 N–H and O–H groups in total. The number of hydrogen-bond acceptors (Lipinski definition) is 8. The molecule has 2 atom stereocenters. The van der Waals surface area contributed by atoms with Crippen LogP contribution in [0.1, 0.15) is 20.3 Å². The van der Waals surface area contributed by atoms with Gasteiger partial charge >= 0.3 is 0 Å². The average molecular weight is 516 g/mol. The summed E-state index contributed by atoms with van der Waals surface area (Å²) in [6, 6.07) is 13.3. The van der Waals surface area contributed by atoms with Crippen molar-refractivity contribution in [2.24, 2.45) is 7.05 Å². The number of aryl methyl sites for hydroxylation is 1. The summed E-state index contributed by atoms with van der Waals surface area (Å²) in [4.78, 5) is 14.5. The molecule has 1 saturated heterocycles. The molecule has 0 radical (unpaired) electrons. The fraction of sp³-hybridized carbons (Fsp3) is 0.414. The zero-order valence-corrected chi connectivity index (χ0v) is 22.9. The monoisotopic (exact) mass is 515 g/mol. The summed E-state index contributed by atoms with van der Waals surface area (Å²) in [6.07, 6.45) is 6.58. The molecule has 200 valence electrons. The number of nitrogens with zero attached hydrogens (tertiary/aromatic N) is 6. The summed E-state index contributed by atoms with van der Waals surface area (Å²) >= 11 is 0. The van der Waals surface area contributed by atoms with Crippen LogP contribution in [0.15, 0.2) is 55.0 Å². The first-order valence-electron chi connectivity index (χ1n) is 13.2. The van der Waals surface area contributed by atoms with E-state index in [0.29, 0.717) is 12.1 Å². The van der Waals surface area contributed by atoms with Gasteiger partial charge in [0.15, 0.2) is 0 Å². The van der Waals surface area contributed by atoms with E-state index in [1.165, 1.54) is 0 Å². The maximum absolute atomic E-state index is 5.59. The smallest absolute Gasteiger partial charge is 0.124 e. The lowest BCUT2D eigenvalue weighted by Crippen LogP contribution is -2.54. The highest BCUT2D eigenvalue weighted by molar-refractivity contribution is 5.82. The Morgan fingerprint density at radius 3 is 2.34 bits per heavy atom. The lowest BCUT2D eigenvalue weighted by atomic mass is 10.1. The first-order valence-corrected chi connectivity index (χ1v) is 13.2. The van der Waals surface area contributed by atoms with Gasteiger partial charge in [-0.15, -0.1) is 0 Å². The third kappa shape index (κ3) is 5.89. The molecular formula is C29H37N7O2. The summed E-state index contributed by atoms with van der Waals surface area (Å²) in [5.41, 5.74) is 5.51. The quantitative estimate of drug-likeness (QED) is 0.354. The van der Waals surface area contributed by atoms with Crippen molar-refractivity contribution in [1.82, 2.24) is 30.0 Å². The second-order valence-electron chi connectivity index (χ2n) is 10.1. The van der Waals surface area contributed by atoms with Gasteiger partial charge in [0.1, 0.15) is 11.5 Å². The number of ether oxygens (including phenoxy) is 2. The van der Waals surface area contributed by atoms with Crippen LogP contribution >= 0.6 is 0 Å². The standard InChI is InChI=1S/C29H37N7O2/c1-20-17-35(18-21(2)32-20)9-6-10-36(24-11-25(37-4)14-26(12-24)38-5)23-7-8-27-28(13-23)33-29(16-30-27)22-15-31-34(3)19-22/h7-8,11-16,19-21,32H,6,9-10,17-18H2,1-5H3/t20-,21+. The first kappa shape index (κ1) is 25.9. The van der Waals surface area contributed by atoms with Gasteiger partial charge in [0.05, 0.1) is 43.3 Å². The minimum atomic E-state index is 0.505. The van der Waals surface area contributed by atoms with E-state index in [4.69, 9.17) is 14.5 Å². The van der Waals surface area contributed by atoms with Crippen LogP contribution in [0.2, 0.25) is 0 Å². The summed E-state index contributed by atoms with van der Waals surface area (Å²) in [6.45, 7) is 8.53. The van der Waals surface area contributed by atoms with Crippen molar-refractivity contribution < 1.29 is 9.47 Å². The molecule has 2 aromatic heterocycles. The summed E-state index contributed by atoms with van der Waals surface area (Å²) in [7, 11) is 5.26. The van der Waals surface area contributed by atoms with Gasteiger partial charge in [-0.25, -0.2) is 4.98 Å². The molecule has 2 aromatic carbocycles. The number of benzene rings is 2. The minimum Gasteiger partial charge on any atom is -0.497 e. The van der Waals surface area contributed by atoms with Crippen molar-refractivity contribution in [3.63, 3.8) is 0 Å². The highest BCUT2D eigenvalue weighted by atomic mass is 16.5. The van der Waals surface area contributed by atoms with Crippen molar-refractivity contribution >= 4 is 22.4 Å². The minimum absolute atomic E-state index is 0.505. The van der Waals surface area contributed by atoms with Crippen LogP contribution in [0, 0.1) is 0 Å². The lowest BCUT2D eigenvalue weighted by Gasteiger charge is -2.36. The molecule has 0 aliphatic carbocycles. The summed E-state index contributed by atoms with van der Waals surface area (Å²) in [5.74, 6) is 1.52. The molecule has 0 amide bonds. The third-order valence-electron chi connectivity index (χ3n) is 6.98. The Morgan fingerprint density at radius 2 is 1.68 bits per heavy atom. The average Bonchev–Trinajstić information content (AvgIpc) is 3.36. The van der Waals surface area contributed by atoms with Gasteiger partial charge in [-0.3, -0.25) is 9.67 Å². The normalized spacial score (nSPS) is 18.0. The Hall–Kier alpha value is -3.69. The number of rotatable bonds is 9. The number of methoxy groups -OCH3 is 2. The maximum Gasteiger partial charge on any atom is 0.124 e. The number of hydrogen-bond donors (Lipinski definition) is 1. The van der Waals surface area contributed by atoms with Gasteiger partial charge in [-0.2, -0.15) is 5.10 Å². The predicted octanol–water partition coefficient (Wildman–Crippen LogP) is 4.26. The first-order chi connectivity index (χ1) is 18.4. The van der Waals surface area contributed by atoms with Gasteiger partial charge in [-0.1, -0.05) is 0 Å². The van der Waals surface area contributed by atoms with E-state index in [1.807, 2.05) is 31.6 Å². The van der Waals surface area contributed by atoms with E-state index in [2.05, 4.69) is 63.3 Å². The van der Waals surface area contributed by atoms with Crippen LogP contribution < -0.4 is 19.7 Å². The number of fused-ring (bicyclic) bond motifs is 1. The topological polar surface area (TPSA) is 80.6 Å². The van der Waals surface area contributed by atoms with Crippen molar-refractivity contribution in [1.29, 1.82) is 0 Å².